The summed E-state index contributed by atoms with van der Waals surface area (Å²) in [7, 11) is 0. The van der Waals surface area contributed by atoms with Crippen molar-refractivity contribution in [2.75, 3.05) is 0 Å². The molecule has 2 rings (SSSR count). The molecule has 4 nitrogen and oxygen atoms in total. The lowest BCUT2D eigenvalue weighted by Gasteiger charge is -2.21. The molecule has 1 atom stereocenters. The molecule has 0 radical (unpaired) electrons. The first-order chi connectivity index (χ1) is 8.08. The van der Waals surface area contributed by atoms with Crippen molar-refractivity contribution in [2.24, 2.45) is 0 Å². The highest BCUT2D eigenvalue weighted by atomic mass is 16.4. The van der Waals surface area contributed by atoms with Gasteiger partial charge in [-0.1, -0.05) is 29.8 Å². The van der Waals surface area contributed by atoms with Gasteiger partial charge in [0.2, 0.25) is 5.91 Å². The lowest BCUT2D eigenvalue weighted by Crippen LogP contribution is -2.37. The van der Waals surface area contributed by atoms with Crippen molar-refractivity contribution in [1.82, 2.24) is 4.90 Å². The smallest absolute Gasteiger partial charge is 0.326 e. The van der Waals surface area contributed by atoms with Crippen LogP contribution in [0.15, 0.2) is 24.3 Å². The third-order valence-electron chi connectivity index (χ3n) is 3.09. The molecule has 1 N–H and O–H groups in total. The van der Waals surface area contributed by atoms with Gasteiger partial charge in [-0.3, -0.25) is 4.79 Å². The molecule has 0 unspecified atom stereocenters. The van der Waals surface area contributed by atoms with Crippen molar-refractivity contribution in [2.45, 2.75) is 32.4 Å². The zero-order valence-electron chi connectivity index (χ0n) is 9.72. The number of rotatable bonds is 3. The number of nitrogens with zero attached hydrogens (tertiary/aromatic N) is 1. The third kappa shape index (κ3) is 2.46. The average Bonchev–Trinajstić information content (AvgIpc) is 2.64. The molecule has 1 saturated heterocycles. The number of carbonyl (C=O) groups is 2. The SMILES string of the molecule is Cc1ccc(CN2C(=O)CC[C@H]2C(=O)O)cc1. The molecule has 0 saturated carbocycles. The van der Waals surface area contributed by atoms with E-state index in [1.165, 1.54) is 4.90 Å². The maximum Gasteiger partial charge on any atom is 0.326 e. The van der Waals surface area contributed by atoms with E-state index in [0.29, 0.717) is 19.4 Å². The summed E-state index contributed by atoms with van der Waals surface area (Å²) in [6.07, 6.45) is 0.753. The van der Waals surface area contributed by atoms with Gasteiger partial charge in [0.25, 0.3) is 0 Å². The molecular formula is C13H15NO3. The standard InChI is InChI=1S/C13H15NO3/c1-9-2-4-10(5-3-9)8-14-11(13(16)17)6-7-12(14)15/h2-5,11H,6-8H2,1H3,(H,16,17)/t11-/m0/s1. The Bertz CT molecular complexity index is 438. The number of hydrogen-bond donors (Lipinski definition) is 1. The van der Waals surface area contributed by atoms with Crippen molar-refractivity contribution in [3.8, 4) is 0 Å². The summed E-state index contributed by atoms with van der Waals surface area (Å²) in [5.74, 6) is -0.985. The summed E-state index contributed by atoms with van der Waals surface area (Å²) >= 11 is 0. The Balaban J connectivity index is 2.13. The molecule has 1 heterocycles. The van der Waals surface area contributed by atoms with Crippen LogP contribution in [0.2, 0.25) is 0 Å². The van der Waals surface area contributed by atoms with Crippen LogP contribution in [0.3, 0.4) is 0 Å². The van der Waals surface area contributed by atoms with Gasteiger partial charge in [0.05, 0.1) is 0 Å². The highest BCUT2D eigenvalue weighted by Crippen LogP contribution is 2.21. The van der Waals surface area contributed by atoms with E-state index in [9.17, 15) is 9.59 Å². The molecule has 0 bridgehead atoms. The second-order valence-electron chi connectivity index (χ2n) is 4.40. The lowest BCUT2D eigenvalue weighted by atomic mass is 10.1. The van der Waals surface area contributed by atoms with Crippen LogP contribution < -0.4 is 0 Å². The Kier molecular flexibility index (Phi) is 3.13. The molecule has 0 aliphatic carbocycles. The largest absolute Gasteiger partial charge is 0.480 e. The maximum absolute atomic E-state index is 11.6. The molecule has 17 heavy (non-hydrogen) atoms. The molecule has 1 aromatic rings. The minimum absolute atomic E-state index is 0.0713. The van der Waals surface area contributed by atoms with Gasteiger partial charge in [-0.2, -0.15) is 0 Å². The van der Waals surface area contributed by atoms with Crippen LogP contribution in [0, 0.1) is 6.92 Å². The van der Waals surface area contributed by atoms with Crippen LogP contribution in [0.1, 0.15) is 24.0 Å². The van der Waals surface area contributed by atoms with Gasteiger partial charge in [0.1, 0.15) is 6.04 Å². The Morgan fingerprint density at radius 1 is 1.41 bits per heavy atom. The normalized spacial score (nSPS) is 19.7. The molecule has 0 spiro atoms. The molecule has 1 aromatic carbocycles. The maximum atomic E-state index is 11.6. The van der Waals surface area contributed by atoms with Gasteiger partial charge >= 0.3 is 5.97 Å². The number of hydrogen-bond acceptors (Lipinski definition) is 2. The second-order valence-corrected chi connectivity index (χ2v) is 4.40. The highest BCUT2D eigenvalue weighted by Gasteiger charge is 2.35. The zero-order valence-corrected chi connectivity index (χ0v) is 9.72. The summed E-state index contributed by atoms with van der Waals surface area (Å²) in [5, 5.41) is 9.03. The van der Waals surface area contributed by atoms with Crippen LogP contribution >= 0.6 is 0 Å². The Morgan fingerprint density at radius 3 is 2.65 bits per heavy atom. The Morgan fingerprint density at radius 2 is 2.06 bits per heavy atom. The van der Waals surface area contributed by atoms with Crippen LogP contribution in [0.25, 0.3) is 0 Å². The predicted molar refractivity (Wildman–Crippen MR) is 62.4 cm³/mol. The fraction of sp³-hybridized carbons (Fsp3) is 0.385. The number of aliphatic carboxylic acids is 1. The minimum Gasteiger partial charge on any atom is -0.480 e. The summed E-state index contributed by atoms with van der Waals surface area (Å²) in [6.45, 7) is 2.38. The molecule has 4 heteroatoms. The molecule has 0 aromatic heterocycles. The van der Waals surface area contributed by atoms with Gasteiger partial charge < -0.3 is 10.0 Å². The predicted octanol–water partition coefficient (Wildman–Crippen LogP) is 1.57. The van der Waals surface area contributed by atoms with E-state index >= 15 is 0 Å². The summed E-state index contributed by atoms with van der Waals surface area (Å²) < 4.78 is 0. The van der Waals surface area contributed by atoms with Crippen LogP contribution in [0.5, 0.6) is 0 Å². The van der Waals surface area contributed by atoms with Crippen LogP contribution in [-0.2, 0) is 16.1 Å². The molecule has 90 valence electrons. The summed E-state index contributed by atoms with van der Waals surface area (Å²) in [6, 6.07) is 7.13. The van der Waals surface area contributed by atoms with Crippen molar-refractivity contribution >= 4 is 11.9 Å². The van der Waals surface area contributed by atoms with E-state index in [1.54, 1.807) is 0 Å². The van der Waals surface area contributed by atoms with Crippen LogP contribution in [0.4, 0.5) is 0 Å². The molecule has 1 aliphatic rings. The summed E-state index contributed by atoms with van der Waals surface area (Å²) in [4.78, 5) is 24.1. The lowest BCUT2D eigenvalue weighted by molar-refractivity contribution is -0.146. The van der Waals surface area contributed by atoms with Gasteiger partial charge in [-0.25, -0.2) is 4.79 Å². The molecular weight excluding hydrogens is 218 g/mol. The number of amides is 1. The van der Waals surface area contributed by atoms with E-state index in [2.05, 4.69) is 0 Å². The van der Waals surface area contributed by atoms with Gasteiger partial charge in [-0.05, 0) is 18.9 Å². The van der Waals surface area contributed by atoms with Crippen molar-refractivity contribution in [3.63, 3.8) is 0 Å². The number of likely N-dealkylation sites (tertiary alicyclic amines) is 1. The van der Waals surface area contributed by atoms with E-state index in [0.717, 1.165) is 11.1 Å². The number of aryl methyl sites for hydroxylation is 1. The van der Waals surface area contributed by atoms with E-state index in [4.69, 9.17) is 5.11 Å². The van der Waals surface area contributed by atoms with Gasteiger partial charge in [0.15, 0.2) is 0 Å². The number of carboxylic acids is 1. The number of benzene rings is 1. The monoisotopic (exact) mass is 233 g/mol. The minimum atomic E-state index is -0.914. The first-order valence-corrected chi connectivity index (χ1v) is 5.66. The average molecular weight is 233 g/mol. The molecule has 1 aliphatic heterocycles. The van der Waals surface area contributed by atoms with E-state index in [-0.39, 0.29) is 5.91 Å². The quantitative estimate of drug-likeness (QED) is 0.862. The van der Waals surface area contributed by atoms with Crippen molar-refractivity contribution < 1.29 is 14.7 Å². The zero-order chi connectivity index (χ0) is 12.4. The molecule has 1 fully saturated rings. The summed E-state index contributed by atoms with van der Waals surface area (Å²) in [5.41, 5.74) is 2.12. The first kappa shape index (κ1) is 11.6. The van der Waals surface area contributed by atoms with Crippen LogP contribution in [-0.4, -0.2) is 27.9 Å². The Labute approximate surface area is 99.9 Å². The number of carbonyl (C=O) groups excluding carboxylic acids is 1. The van der Waals surface area contributed by atoms with E-state index < -0.39 is 12.0 Å². The Hall–Kier alpha value is -1.84. The third-order valence-corrected chi connectivity index (χ3v) is 3.09. The second kappa shape index (κ2) is 4.57. The fourth-order valence-electron chi connectivity index (χ4n) is 2.08. The van der Waals surface area contributed by atoms with Gasteiger partial charge in [-0.15, -0.1) is 0 Å². The fourth-order valence-corrected chi connectivity index (χ4v) is 2.08. The van der Waals surface area contributed by atoms with Gasteiger partial charge in [0, 0.05) is 13.0 Å². The van der Waals surface area contributed by atoms with Crippen molar-refractivity contribution in [1.29, 1.82) is 0 Å². The molecule has 1 amide bonds. The number of carboxylic acid groups (broad SMARTS) is 1. The first-order valence-electron chi connectivity index (χ1n) is 5.66. The highest BCUT2D eigenvalue weighted by molar-refractivity contribution is 5.87. The van der Waals surface area contributed by atoms with Crippen molar-refractivity contribution in [3.05, 3.63) is 35.4 Å². The topological polar surface area (TPSA) is 57.6 Å². The van der Waals surface area contributed by atoms with E-state index in [1.807, 2.05) is 31.2 Å².